The maximum Gasteiger partial charge on any atom is 0.315 e. The smallest absolute Gasteiger partial charge is 0.315 e. The Kier molecular flexibility index (Phi) is 5.83. The molecule has 2 rings (SSSR count). The molecule has 1 aromatic heterocycles. The largest absolute Gasteiger partial charge is 0.361 e. The van der Waals surface area contributed by atoms with Crippen LogP contribution in [0.5, 0.6) is 0 Å². The number of urea groups is 1. The van der Waals surface area contributed by atoms with Crippen molar-refractivity contribution in [3.63, 3.8) is 0 Å². The minimum absolute atomic E-state index is 0.169. The molecule has 0 radical (unpaired) electrons. The second kappa shape index (κ2) is 7.84. The number of nitrogens with one attached hydrogen (secondary N) is 2. The predicted molar refractivity (Wildman–Crippen MR) is 86.0 cm³/mol. The maximum absolute atomic E-state index is 11.4. The molecular weight excluding hydrogens is 302 g/mol. The first-order valence-corrected chi connectivity index (χ1v) is 7.67. The van der Waals surface area contributed by atoms with Crippen LogP contribution in [0, 0.1) is 6.92 Å². The van der Waals surface area contributed by atoms with Crippen molar-refractivity contribution >= 4 is 17.6 Å². The van der Waals surface area contributed by atoms with Gasteiger partial charge in [-0.3, -0.25) is 0 Å². The number of hydrogen-bond donors (Lipinski definition) is 2. The van der Waals surface area contributed by atoms with Crippen molar-refractivity contribution in [2.45, 2.75) is 33.2 Å². The van der Waals surface area contributed by atoms with Crippen molar-refractivity contribution in [2.75, 3.05) is 6.54 Å². The van der Waals surface area contributed by atoms with E-state index in [2.05, 4.69) is 15.8 Å². The van der Waals surface area contributed by atoms with Gasteiger partial charge in [0.2, 0.25) is 0 Å². The summed E-state index contributed by atoms with van der Waals surface area (Å²) in [6.07, 6.45) is 1.55. The number of aromatic nitrogens is 1. The number of aryl methyl sites for hydroxylation is 3. The van der Waals surface area contributed by atoms with Crippen LogP contribution in [0.1, 0.15) is 29.5 Å². The summed E-state index contributed by atoms with van der Waals surface area (Å²) >= 11 is 6.24. The average Bonchev–Trinajstić information content (AvgIpc) is 2.91. The fourth-order valence-corrected chi connectivity index (χ4v) is 2.35. The van der Waals surface area contributed by atoms with Gasteiger partial charge >= 0.3 is 6.03 Å². The minimum Gasteiger partial charge on any atom is -0.361 e. The molecule has 1 aromatic carbocycles. The molecule has 0 saturated carbocycles. The Balaban J connectivity index is 1.95. The van der Waals surface area contributed by atoms with Gasteiger partial charge in [0.05, 0.1) is 5.69 Å². The summed E-state index contributed by atoms with van der Waals surface area (Å²) in [6, 6.07) is 7.55. The highest BCUT2D eigenvalue weighted by Crippen LogP contribution is 2.20. The zero-order valence-corrected chi connectivity index (χ0v) is 13.5. The molecule has 0 fully saturated rings. The number of rotatable bonds is 6. The lowest BCUT2D eigenvalue weighted by molar-refractivity contribution is 0.241. The summed E-state index contributed by atoms with van der Waals surface area (Å²) < 4.78 is 5.06. The van der Waals surface area contributed by atoms with Gasteiger partial charge in [0.25, 0.3) is 0 Å². The number of nitrogens with zero attached hydrogens (tertiary/aromatic N) is 1. The summed E-state index contributed by atoms with van der Waals surface area (Å²) in [6.45, 7) is 4.83. The third-order valence-corrected chi connectivity index (χ3v) is 3.60. The lowest BCUT2D eigenvalue weighted by Crippen LogP contribution is -2.34. The molecular formula is C16H20ClN3O2. The summed E-state index contributed by atoms with van der Waals surface area (Å²) in [4.78, 5) is 11.4. The van der Waals surface area contributed by atoms with Gasteiger partial charge in [0.15, 0.2) is 0 Å². The van der Waals surface area contributed by atoms with E-state index in [1.807, 2.05) is 38.1 Å². The van der Waals surface area contributed by atoms with Crippen LogP contribution < -0.4 is 10.6 Å². The highest BCUT2D eigenvalue weighted by atomic mass is 35.5. The fourth-order valence-electron chi connectivity index (χ4n) is 2.13. The van der Waals surface area contributed by atoms with Gasteiger partial charge in [0.1, 0.15) is 5.76 Å². The molecule has 0 atom stereocenters. The van der Waals surface area contributed by atoms with Gasteiger partial charge in [-0.15, -0.1) is 0 Å². The monoisotopic (exact) mass is 321 g/mol. The van der Waals surface area contributed by atoms with Gasteiger partial charge in [0, 0.05) is 24.2 Å². The van der Waals surface area contributed by atoms with E-state index in [4.69, 9.17) is 16.1 Å². The van der Waals surface area contributed by atoms with E-state index in [9.17, 15) is 4.79 Å². The first-order valence-electron chi connectivity index (χ1n) is 7.29. The van der Waals surface area contributed by atoms with Crippen molar-refractivity contribution in [1.82, 2.24) is 15.8 Å². The van der Waals surface area contributed by atoms with Crippen molar-refractivity contribution in [3.05, 3.63) is 51.9 Å². The summed E-state index contributed by atoms with van der Waals surface area (Å²) in [5.41, 5.74) is 2.97. The van der Waals surface area contributed by atoms with Gasteiger partial charge < -0.3 is 15.2 Å². The summed E-state index contributed by atoms with van der Waals surface area (Å²) in [5.74, 6) is 0.806. The number of hydrogen-bond acceptors (Lipinski definition) is 3. The molecule has 0 unspecified atom stereocenters. The zero-order chi connectivity index (χ0) is 15.9. The zero-order valence-electron chi connectivity index (χ0n) is 12.8. The van der Waals surface area contributed by atoms with E-state index in [0.29, 0.717) is 13.1 Å². The highest BCUT2D eigenvalue weighted by Gasteiger charge is 2.06. The van der Waals surface area contributed by atoms with Gasteiger partial charge in [-0.05, 0) is 43.9 Å². The van der Waals surface area contributed by atoms with Crippen LogP contribution in [0.15, 0.2) is 28.8 Å². The lowest BCUT2D eigenvalue weighted by Gasteiger charge is -2.09. The second-order valence-electron chi connectivity index (χ2n) is 5.07. The molecule has 5 nitrogen and oxygen atoms in total. The van der Waals surface area contributed by atoms with Gasteiger partial charge in [-0.1, -0.05) is 28.9 Å². The number of amides is 2. The Hall–Kier alpha value is -2.01. The third-order valence-electron chi connectivity index (χ3n) is 3.23. The topological polar surface area (TPSA) is 67.2 Å². The first-order chi connectivity index (χ1) is 10.6. The van der Waals surface area contributed by atoms with Gasteiger partial charge in [-0.2, -0.15) is 0 Å². The normalized spacial score (nSPS) is 10.5. The molecule has 0 bridgehead atoms. The molecule has 0 aliphatic carbocycles. The van der Waals surface area contributed by atoms with Gasteiger partial charge in [-0.25, -0.2) is 4.79 Å². The molecule has 2 N–H and O–H groups in total. The van der Waals surface area contributed by atoms with Crippen molar-refractivity contribution in [2.24, 2.45) is 0 Å². The van der Waals surface area contributed by atoms with Crippen LogP contribution in [0.4, 0.5) is 4.79 Å². The van der Waals surface area contributed by atoms with Crippen LogP contribution >= 0.6 is 11.6 Å². The van der Waals surface area contributed by atoms with E-state index >= 15 is 0 Å². The minimum atomic E-state index is -0.169. The predicted octanol–water partition coefficient (Wildman–Crippen LogP) is 3.24. The van der Waals surface area contributed by atoms with Crippen LogP contribution in [0.25, 0.3) is 0 Å². The molecule has 0 saturated heterocycles. The van der Waals surface area contributed by atoms with Crippen LogP contribution in [0.2, 0.25) is 5.02 Å². The number of benzene rings is 1. The summed E-state index contributed by atoms with van der Waals surface area (Å²) in [7, 11) is 0. The van der Waals surface area contributed by atoms with E-state index in [-0.39, 0.29) is 6.03 Å². The van der Waals surface area contributed by atoms with Crippen molar-refractivity contribution in [3.8, 4) is 0 Å². The molecule has 0 aliphatic heterocycles. The molecule has 0 spiro atoms. The summed E-state index contributed by atoms with van der Waals surface area (Å²) in [5, 5.41) is 10.2. The Labute approximate surface area is 135 Å². The lowest BCUT2D eigenvalue weighted by atomic mass is 10.0. The first kappa shape index (κ1) is 16.4. The Bertz CT molecular complexity index is 640. The number of carbonyl (C=O) groups excluding carboxylic acids is 1. The quantitative estimate of drug-likeness (QED) is 0.858. The van der Waals surface area contributed by atoms with E-state index in [1.54, 1.807) is 0 Å². The molecule has 118 valence electrons. The molecule has 2 amide bonds. The standard InChI is InChI=1S/C16H20ClN3O2/c1-3-18-16(21)19-10-12-4-7-15(17)13(9-12)5-6-14-8-11(2)22-20-14/h4,7-9H,3,5-6,10H2,1-2H3,(H2,18,19,21). The van der Waals surface area contributed by atoms with Crippen LogP contribution in [0.3, 0.4) is 0 Å². The number of halogens is 1. The van der Waals surface area contributed by atoms with E-state index < -0.39 is 0 Å². The van der Waals surface area contributed by atoms with E-state index in [0.717, 1.165) is 40.4 Å². The van der Waals surface area contributed by atoms with Crippen molar-refractivity contribution in [1.29, 1.82) is 0 Å². The van der Waals surface area contributed by atoms with E-state index in [1.165, 1.54) is 0 Å². The van der Waals surface area contributed by atoms with Crippen molar-refractivity contribution < 1.29 is 9.32 Å². The second-order valence-corrected chi connectivity index (χ2v) is 5.47. The Morgan fingerprint density at radius 2 is 2.09 bits per heavy atom. The maximum atomic E-state index is 11.4. The highest BCUT2D eigenvalue weighted by molar-refractivity contribution is 6.31. The molecule has 22 heavy (non-hydrogen) atoms. The molecule has 2 aromatic rings. The van der Waals surface area contributed by atoms with Crippen LogP contribution in [-0.2, 0) is 19.4 Å². The Morgan fingerprint density at radius 3 is 2.77 bits per heavy atom. The SMILES string of the molecule is CCNC(=O)NCc1ccc(Cl)c(CCc2cc(C)on2)c1. The van der Waals surface area contributed by atoms with Crippen LogP contribution in [-0.4, -0.2) is 17.7 Å². The number of carbonyl (C=O) groups is 1. The molecule has 0 aliphatic rings. The molecule has 1 heterocycles. The third kappa shape index (κ3) is 4.77. The Morgan fingerprint density at radius 1 is 1.27 bits per heavy atom. The fraction of sp³-hybridized carbons (Fsp3) is 0.375. The molecule has 6 heteroatoms. The average molecular weight is 322 g/mol.